The van der Waals surface area contributed by atoms with Gasteiger partial charge in [0.1, 0.15) is 5.82 Å². The lowest BCUT2D eigenvalue weighted by molar-refractivity contribution is 0.252. The van der Waals surface area contributed by atoms with Crippen molar-refractivity contribution in [3.63, 3.8) is 0 Å². The summed E-state index contributed by atoms with van der Waals surface area (Å²) in [5.41, 5.74) is 7.30. The molecule has 0 aliphatic heterocycles. The topological polar surface area (TPSA) is 85.0 Å². The number of nitrogens with two attached hydrogens (primary N) is 1. The summed E-state index contributed by atoms with van der Waals surface area (Å²) in [5.74, 6) is 0.942. The van der Waals surface area contributed by atoms with E-state index in [2.05, 4.69) is 15.6 Å². The summed E-state index contributed by atoms with van der Waals surface area (Å²) in [4.78, 5) is 15.9. The first-order valence-electron chi connectivity index (χ1n) is 6.49. The maximum absolute atomic E-state index is 11.7. The lowest BCUT2D eigenvalue weighted by Gasteiger charge is -2.08. The predicted octanol–water partition coefficient (Wildman–Crippen LogP) is 1.24. The molecule has 0 saturated heterocycles. The number of carbonyl (C=O) groups excluding carboxylic acids is 1. The molecule has 0 unspecified atom stereocenters. The van der Waals surface area contributed by atoms with Gasteiger partial charge in [-0.3, -0.25) is 0 Å². The molecular formula is C14H19N5O. The molecule has 0 spiro atoms. The minimum atomic E-state index is -0.222. The van der Waals surface area contributed by atoms with Crippen LogP contribution in [0.2, 0.25) is 0 Å². The normalized spacial score (nSPS) is 10.3. The van der Waals surface area contributed by atoms with Crippen molar-refractivity contribution in [1.29, 1.82) is 0 Å². The number of hydrogen-bond acceptors (Lipinski definition) is 3. The third-order valence-corrected chi connectivity index (χ3v) is 3.00. The molecule has 2 aromatic rings. The zero-order valence-corrected chi connectivity index (χ0v) is 11.5. The molecule has 0 atom stereocenters. The Hall–Kier alpha value is -2.34. The standard InChI is InChI=1S/C14H19N5O/c1-19-9-8-16-13(19)6-7-17-14(20)18-12-4-2-11(10-15)3-5-12/h2-5,8-9H,6-7,10,15H2,1H3,(H2,17,18,20). The van der Waals surface area contributed by atoms with Gasteiger partial charge in [0.15, 0.2) is 0 Å². The van der Waals surface area contributed by atoms with E-state index in [9.17, 15) is 4.79 Å². The van der Waals surface area contributed by atoms with Crippen molar-refractivity contribution >= 4 is 11.7 Å². The molecule has 0 aliphatic carbocycles. The highest BCUT2D eigenvalue weighted by atomic mass is 16.2. The van der Waals surface area contributed by atoms with E-state index in [0.29, 0.717) is 19.5 Å². The van der Waals surface area contributed by atoms with E-state index in [1.165, 1.54) is 0 Å². The summed E-state index contributed by atoms with van der Waals surface area (Å²) in [7, 11) is 1.93. The molecule has 4 N–H and O–H groups in total. The van der Waals surface area contributed by atoms with Crippen LogP contribution in [-0.2, 0) is 20.0 Å². The van der Waals surface area contributed by atoms with Gasteiger partial charge in [-0.05, 0) is 17.7 Å². The van der Waals surface area contributed by atoms with Crippen molar-refractivity contribution in [2.24, 2.45) is 12.8 Å². The first kappa shape index (κ1) is 14.1. The van der Waals surface area contributed by atoms with E-state index in [4.69, 9.17) is 5.73 Å². The van der Waals surface area contributed by atoms with Crippen LogP contribution >= 0.6 is 0 Å². The second-order valence-corrected chi connectivity index (χ2v) is 4.49. The molecule has 2 amide bonds. The number of anilines is 1. The Morgan fingerprint density at radius 1 is 1.35 bits per heavy atom. The Labute approximate surface area is 118 Å². The van der Waals surface area contributed by atoms with Gasteiger partial charge in [-0.25, -0.2) is 9.78 Å². The first-order chi connectivity index (χ1) is 9.69. The summed E-state index contributed by atoms with van der Waals surface area (Å²) >= 11 is 0. The maximum atomic E-state index is 11.7. The molecule has 0 aliphatic rings. The summed E-state index contributed by atoms with van der Waals surface area (Å²) in [5, 5.41) is 5.57. The van der Waals surface area contributed by atoms with E-state index in [-0.39, 0.29) is 6.03 Å². The van der Waals surface area contributed by atoms with Crippen LogP contribution in [0.4, 0.5) is 10.5 Å². The number of amides is 2. The second-order valence-electron chi connectivity index (χ2n) is 4.49. The Bertz CT molecular complexity index is 561. The number of aromatic nitrogens is 2. The predicted molar refractivity (Wildman–Crippen MR) is 78.3 cm³/mol. The van der Waals surface area contributed by atoms with Gasteiger partial charge in [0.2, 0.25) is 0 Å². The molecule has 20 heavy (non-hydrogen) atoms. The Morgan fingerprint density at radius 3 is 2.70 bits per heavy atom. The summed E-state index contributed by atoms with van der Waals surface area (Å²) in [6.45, 7) is 1.04. The fraction of sp³-hybridized carbons (Fsp3) is 0.286. The zero-order chi connectivity index (χ0) is 14.4. The molecule has 6 nitrogen and oxygen atoms in total. The molecular weight excluding hydrogens is 254 g/mol. The molecule has 1 aromatic heterocycles. The average Bonchev–Trinajstić information content (AvgIpc) is 2.85. The molecule has 106 valence electrons. The Balaban J connectivity index is 1.76. The number of carbonyl (C=O) groups is 1. The molecule has 1 aromatic carbocycles. The van der Waals surface area contributed by atoms with Crippen molar-refractivity contribution in [2.75, 3.05) is 11.9 Å². The summed E-state index contributed by atoms with van der Waals surface area (Å²) in [6, 6.07) is 7.23. The Kier molecular flexibility index (Phi) is 4.73. The van der Waals surface area contributed by atoms with E-state index < -0.39 is 0 Å². The van der Waals surface area contributed by atoms with Crippen LogP contribution in [0.1, 0.15) is 11.4 Å². The highest BCUT2D eigenvalue weighted by molar-refractivity contribution is 5.89. The third-order valence-electron chi connectivity index (χ3n) is 3.00. The third kappa shape index (κ3) is 3.83. The molecule has 0 bridgehead atoms. The molecule has 1 heterocycles. The lowest BCUT2D eigenvalue weighted by Crippen LogP contribution is -2.30. The SMILES string of the molecule is Cn1ccnc1CCNC(=O)Nc1ccc(CN)cc1. The zero-order valence-electron chi connectivity index (χ0n) is 11.5. The molecule has 6 heteroatoms. The highest BCUT2D eigenvalue weighted by Crippen LogP contribution is 2.08. The summed E-state index contributed by atoms with van der Waals surface area (Å²) < 4.78 is 1.94. The number of benzene rings is 1. The average molecular weight is 273 g/mol. The van der Waals surface area contributed by atoms with Crippen LogP contribution in [0.5, 0.6) is 0 Å². The first-order valence-corrected chi connectivity index (χ1v) is 6.49. The van der Waals surface area contributed by atoms with Crippen molar-refractivity contribution in [2.45, 2.75) is 13.0 Å². The fourth-order valence-electron chi connectivity index (χ4n) is 1.82. The monoisotopic (exact) mass is 273 g/mol. The Morgan fingerprint density at radius 2 is 2.10 bits per heavy atom. The van der Waals surface area contributed by atoms with Crippen LogP contribution in [0.3, 0.4) is 0 Å². The van der Waals surface area contributed by atoms with Gasteiger partial charge in [0.25, 0.3) is 0 Å². The maximum Gasteiger partial charge on any atom is 0.319 e. The quantitative estimate of drug-likeness (QED) is 0.766. The van der Waals surface area contributed by atoms with Gasteiger partial charge < -0.3 is 20.9 Å². The minimum Gasteiger partial charge on any atom is -0.338 e. The largest absolute Gasteiger partial charge is 0.338 e. The van der Waals surface area contributed by atoms with Crippen molar-refractivity contribution in [3.05, 3.63) is 48.0 Å². The number of aryl methyl sites for hydroxylation is 1. The second kappa shape index (κ2) is 6.72. The number of rotatable bonds is 5. The number of nitrogens with one attached hydrogen (secondary N) is 2. The molecule has 0 saturated carbocycles. The number of hydrogen-bond donors (Lipinski definition) is 3. The van der Waals surface area contributed by atoms with Gasteiger partial charge in [-0.15, -0.1) is 0 Å². The van der Waals surface area contributed by atoms with Crippen molar-refractivity contribution < 1.29 is 4.79 Å². The summed E-state index contributed by atoms with van der Waals surface area (Å²) in [6.07, 6.45) is 4.33. The van der Waals surface area contributed by atoms with Gasteiger partial charge in [0, 0.05) is 44.6 Å². The fourth-order valence-corrected chi connectivity index (χ4v) is 1.82. The number of nitrogens with zero attached hydrogens (tertiary/aromatic N) is 2. The van der Waals surface area contributed by atoms with E-state index in [0.717, 1.165) is 17.1 Å². The minimum absolute atomic E-state index is 0.222. The lowest BCUT2D eigenvalue weighted by atomic mass is 10.2. The van der Waals surface area contributed by atoms with Crippen LogP contribution < -0.4 is 16.4 Å². The van der Waals surface area contributed by atoms with Crippen LogP contribution in [-0.4, -0.2) is 22.1 Å². The van der Waals surface area contributed by atoms with Crippen LogP contribution in [0.25, 0.3) is 0 Å². The van der Waals surface area contributed by atoms with E-state index in [1.807, 2.05) is 42.1 Å². The van der Waals surface area contributed by atoms with E-state index in [1.54, 1.807) is 6.20 Å². The van der Waals surface area contributed by atoms with Gasteiger partial charge >= 0.3 is 6.03 Å². The highest BCUT2D eigenvalue weighted by Gasteiger charge is 2.03. The smallest absolute Gasteiger partial charge is 0.319 e. The van der Waals surface area contributed by atoms with Gasteiger partial charge in [-0.1, -0.05) is 12.1 Å². The molecule has 0 radical (unpaired) electrons. The molecule has 2 rings (SSSR count). The van der Waals surface area contributed by atoms with Crippen molar-refractivity contribution in [1.82, 2.24) is 14.9 Å². The van der Waals surface area contributed by atoms with Crippen LogP contribution in [0.15, 0.2) is 36.7 Å². The van der Waals surface area contributed by atoms with Gasteiger partial charge in [-0.2, -0.15) is 0 Å². The van der Waals surface area contributed by atoms with Gasteiger partial charge in [0.05, 0.1) is 0 Å². The molecule has 0 fully saturated rings. The number of urea groups is 1. The van der Waals surface area contributed by atoms with Crippen molar-refractivity contribution in [3.8, 4) is 0 Å². The number of imidazole rings is 1. The van der Waals surface area contributed by atoms with E-state index >= 15 is 0 Å². The van der Waals surface area contributed by atoms with Crippen LogP contribution in [0, 0.1) is 0 Å².